The van der Waals surface area contributed by atoms with Gasteiger partial charge in [-0.15, -0.1) is 0 Å². The Kier molecular flexibility index (Phi) is 6.25. The van der Waals surface area contributed by atoms with Crippen LogP contribution in [0.2, 0.25) is 0 Å². The van der Waals surface area contributed by atoms with E-state index in [1.165, 1.54) is 5.56 Å². The van der Waals surface area contributed by atoms with Crippen molar-refractivity contribution >= 4 is 17.3 Å². The fraction of sp³-hybridized carbons (Fsp3) is 0.435. The molecule has 0 unspecified atom stereocenters. The van der Waals surface area contributed by atoms with Crippen molar-refractivity contribution in [3.63, 3.8) is 0 Å². The summed E-state index contributed by atoms with van der Waals surface area (Å²) in [7, 11) is 0. The van der Waals surface area contributed by atoms with Crippen molar-refractivity contribution in [3.05, 3.63) is 53.6 Å². The highest BCUT2D eigenvalue weighted by Crippen LogP contribution is 2.28. The van der Waals surface area contributed by atoms with Gasteiger partial charge in [-0.2, -0.15) is 0 Å². The SMILES string of the molecule is Cc1cccc(C(C)C)c1NC(=O)[C@@H](C)N1CCN(c2ccc(O)cc2)CC1. The van der Waals surface area contributed by atoms with Crippen LogP contribution in [0.4, 0.5) is 11.4 Å². The molecule has 0 spiro atoms. The number of phenols is 1. The zero-order valence-electron chi connectivity index (χ0n) is 17.3. The minimum absolute atomic E-state index is 0.0503. The molecule has 2 aromatic rings. The highest BCUT2D eigenvalue weighted by atomic mass is 16.3. The predicted molar refractivity (Wildman–Crippen MR) is 115 cm³/mol. The summed E-state index contributed by atoms with van der Waals surface area (Å²) in [6, 6.07) is 13.3. The van der Waals surface area contributed by atoms with Gasteiger partial charge < -0.3 is 15.3 Å². The number of nitrogens with one attached hydrogen (secondary N) is 1. The van der Waals surface area contributed by atoms with Crippen molar-refractivity contribution in [1.82, 2.24) is 4.90 Å². The molecule has 1 heterocycles. The van der Waals surface area contributed by atoms with Crippen LogP contribution in [0.15, 0.2) is 42.5 Å². The van der Waals surface area contributed by atoms with Crippen LogP contribution in [0, 0.1) is 6.92 Å². The molecule has 0 radical (unpaired) electrons. The molecular weight excluding hydrogens is 350 g/mol. The molecule has 5 heteroatoms. The van der Waals surface area contributed by atoms with Crippen molar-refractivity contribution in [2.45, 2.75) is 39.7 Å². The third kappa shape index (κ3) is 4.47. The van der Waals surface area contributed by atoms with E-state index in [0.717, 1.165) is 43.1 Å². The van der Waals surface area contributed by atoms with Crippen molar-refractivity contribution in [3.8, 4) is 5.75 Å². The Morgan fingerprint density at radius 3 is 2.25 bits per heavy atom. The van der Waals surface area contributed by atoms with Crippen molar-refractivity contribution in [1.29, 1.82) is 0 Å². The number of amides is 1. The number of aromatic hydroxyl groups is 1. The first-order chi connectivity index (χ1) is 13.4. The maximum absolute atomic E-state index is 12.9. The summed E-state index contributed by atoms with van der Waals surface area (Å²) in [5.74, 6) is 0.693. The molecule has 150 valence electrons. The summed E-state index contributed by atoms with van der Waals surface area (Å²) in [5, 5.41) is 12.6. The fourth-order valence-electron chi connectivity index (χ4n) is 3.77. The lowest BCUT2D eigenvalue weighted by Crippen LogP contribution is -2.52. The van der Waals surface area contributed by atoms with E-state index in [-0.39, 0.29) is 17.7 Å². The van der Waals surface area contributed by atoms with Gasteiger partial charge in [0.2, 0.25) is 5.91 Å². The molecule has 0 aromatic heterocycles. The van der Waals surface area contributed by atoms with Gasteiger partial charge in [-0.25, -0.2) is 0 Å². The summed E-state index contributed by atoms with van der Waals surface area (Å²) < 4.78 is 0. The highest BCUT2D eigenvalue weighted by Gasteiger charge is 2.26. The number of carbonyl (C=O) groups is 1. The number of para-hydroxylation sites is 1. The smallest absolute Gasteiger partial charge is 0.241 e. The molecule has 1 aliphatic heterocycles. The van der Waals surface area contributed by atoms with E-state index < -0.39 is 0 Å². The Labute approximate surface area is 168 Å². The van der Waals surface area contributed by atoms with Crippen molar-refractivity contribution < 1.29 is 9.90 Å². The van der Waals surface area contributed by atoms with E-state index in [9.17, 15) is 9.90 Å². The van der Waals surface area contributed by atoms with Gasteiger partial charge in [-0.3, -0.25) is 9.69 Å². The second-order valence-electron chi connectivity index (χ2n) is 7.90. The molecule has 5 nitrogen and oxygen atoms in total. The van der Waals surface area contributed by atoms with E-state index >= 15 is 0 Å². The summed E-state index contributed by atoms with van der Waals surface area (Å²) in [6.07, 6.45) is 0. The lowest BCUT2D eigenvalue weighted by Gasteiger charge is -2.38. The monoisotopic (exact) mass is 381 g/mol. The summed E-state index contributed by atoms with van der Waals surface area (Å²) >= 11 is 0. The fourth-order valence-corrected chi connectivity index (χ4v) is 3.77. The van der Waals surface area contributed by atoms with E-state index in [0.29, 0.717) is 5.92 Å². The van der Waals surface area contributed by atoms with Crippen molar-refractivity contribution in [2.24, 2.45) is 0 Å². The van der Waals surface area contributed by atoms with E-state index in [1.807, 2.05) is 38.1 Å². The topological polar surface area (TPSA) is 55.8 Å². The Morgan fingerprint density at radius 1 is 1.00 bits per heavy atom. The molecule has 28 heavy (non-hydrogen) atoms. The van der Waals surface area contributed by atoms with Crippen LogP contribution in [0.25, 0.3) is 0 Å². The average Bonchev–Trinajstić information content (AvgIpc) is 2.69. The molecule has 1 saturated heterocycles. The minimum Gasteiger partial charge on any atom is -0.508 e. The number of piperazine rings is 1. The first-order valence-corrected chi connectivity index (χ1v) is 10.0. The van der Waals surface area contributed by atoms with Crippen LogP contribution in [0.3, 0.4) is 0 Å². The second kappa shape index (κ2) is 8.65. The number of benzene rings is 2. The Bertz CT molecular complexity index is 809. The Balaban J connectivity index is 1.62. The van der Waals surface area contributed by atoms with Crippen LogP contribution in [-0.2, 0) is 4.79 Å². The predicted octanol–water partition coefficient (Wildman–Crippen LogP) is 3.97. The van der Waals surface area contributed by atoms with Gasteiger partial charge in [0, 0.05) is 37.6 Å². The number of carbonyl (C=O) groups excluding carboxylic acids is 1. The zero-order valence-corrected chi connectivity index (χ0v) is 17.3. The number of nitrogens with zero attached hydrogens (tertiary/aromatic N) is 2. The highest BCUT2D eigenvalue weighted by molar-refractivity contribution is 5.96. The number of rotatable bonds is 5. The molecule has 1 atom stereocenters. The standard InChI is InChI=1S/C23H31N3O2/c1-16(2)21-7-5-6-17(3)22(21)24-23(28)18(4)25-12-14-26(15-13-25)19-8-10-20(27)11-9-19/h5-11,16,18,27H,12-15H2,1-4H3,(H,24,28)/t18-/m1/s1. The maximum atomic E-state index is 12.9. The second-order valence-corrected chi connectivity index (χ2v) is 7.90. The third-order valence-corrected chi connectivity index (χ3v) is 5.63. The molecule has 0 bridgehead atoms. The maximum Gasteiger partial charge on any atom is 0.241 e. The van der Waals surface area contributed by atoms with Gasteiger partial charge in [-0.1, -0.05) is 32.0 Å². The molecule has 1 aliphatic rings. The van der Waals surface area contributed by atoms with Gasteiger partial charge in [0.25, 0.3) is 0 Å². The quantitative estimate of drug-likeness (QED) is 0.823. The van der Waals surface area contributed by atoms with Gasteiger partial charge >= 0.3 is 0 Å². The average molecular weight is 382 g/mol. The van der Waals surface area contributed by atoms with E-state index in [1.54, 1.807) is 12.1 Å². The molecule has 1 fully saturated rings. The van der Waals surface area contributed by atoms with Gasteiger partial charge in [0.15, 0.2) is 0 Å². The van der Waals surface area contributed by atoms with Crippen LogP contribution in [0.5, 0.6) is 5.75 Å². The van der Waals surface area contributed by atoms with Crippen LogP contribution in [-0.4, -0.2) is 48.1 Å². The third-order valence-electron chi connectivity index (χ3n) is 5.63. The first-order valence-electron chi connectivity index (χ1n) is 10.0. The zero-order chi connectivity index (χ0) is 20.3. The number of hydrogen-bond acceptors (Lipinski definition) is 4. The number of aryl methyl sites for hydroxylation is 1. The van der Waals surface area contributed by atoms with Gasteiger partial charge in [-0.05, 0) is 55.2 Å². The Morgan fingerprint density at radius 2 is 1.64 bits per heavy atom. The molecule has 1 amide bonds. The van der Waals surface area contributed by atoms with E-state index in [2.05, 4.69) is 35.0 Å². The molecule has 0 saturated carbocycles. The normalized spacial score (nSPS) is 16.2. The lowest BCUT2D eigenvalue weighted by atomic mass is 9.98. The number of anilines is 2. The minimum atomic E-state index is -0.179. The van der Waals surface area contributed by atoms with Gasteiger partial charge in [0.05, 0.1) is 6.04 Å². The van der Waals surface area contributed by atoms with Crippen molar-refractivity contribution in [2.75, 3.05) is 36.4 Å². The van der Waals surface area contributed by atoms with Crippen LogP contribution < -0.4 is 10.2 Å². The van der Waals surface area contributed by atoms with Gasteiger partial charge in [0.1, 0.15) is 5.75 Å². The van der Waals surface area contributed by atoms with E-state index in [4.69, 9.17) is 0 Å². The lowest BCUT2D eigenvalue weighted by molar-refractivity contribution is -0.120. The molecule has 2 N–H and O–H groups in total. The Hall–Kier alpha value is -2.53. The molecule has 2 aromatic carbocycles. The molecule has 3 rings (SSSR count). The molecular formula is C23H31N3O2. The molecule has 0 aliphatic carbocycles. The summed E-state index contributed by atoms with van der Waals surface area (Å²) in [6.45, 7) is 11.7. The largest absolute Gasteiger partial charge is 0.508 e. The van der Waals surface area contributed by atoms with Crippen LogP contribution >= 0.6 is 0 Å². The number of hydrogen-bond donors (Lipinski definition) is 2. The summed E-state index contributed by atoms with van der Waals surface area (Å²) in [5.41, 5.74) is 4.34. The number of phenolic OH excluding ortho intramolecular Hbond substituents is 1. The van der Waals surface area contributed by atoms with Crippen LogP contribution in [0.1, 0.15) is 37.8 Å². The summed E-state index contributed by atoms with van der Waals surface area (Å²) in [4.78, 5) is 17.5. The first kappa shape index (κ1) is 20.2.